The number of furan rings is 1. The van der Waals surface area contributed by atoms with Gasteiger partial charge in [0.25, 0.3) is 0 Å². The molecule has 130 valence electrons. The van der Waals surface area contributed by atoms with Crippen molar-refractivity contribution in [2.75, 3.05) is 6.61 Å². The molecule has 25 heavy (non-hydrogen) atoms. The summed E-state index contributed by atoms with van der Waals surface area (Å²) < 4.78 is 10.9. The zero-order valence-electron chi connectivity index (χ0n) is 14.3. The molecule has 0 saturated carbocycles. The maximum Gasteiger partial charge on any atom is 0.374 e. The number of carbonyl (C=O) groups excluding carboxylic acids is 1. The number of benzene rings is 2. The van der Waals surface area contributed by atoms with Gasteiger partial charge < -0.3 is 14.5 Å². The van der Waals surface area contributed by atoms with Gasteiger partial charge in [0, 0.05) is 16.0 Å². The topological polar surface area (TPSA) is 56.0 Å². The molecule has 3 aromatic rings. The molecule has 0 saturated heterocycles. The summed E-state index contributed by atoms with van der Waals surface area (Å²) in [5.41, 5.74) is 2.70. The highest BCUT2D eigenvalue weighted by Crippen LogP contribution is 2.26. The van der Waals surface area contributed by atoms with Gasteiger partial charge in [-0.25, -0.2) is 4.79 Å². The summed E-state index contributed by atoms with van der Waals surface area (Å²) in [6, 6.07) is 15.7. The third-order valence-corrected chi connectivity index (χ3v) is 4.44. The zero-order chi connectivity index (χ0) is 17.8. The molecule has 0 aliphatic carbocycles. The van der Waals surface area contributed by atoms with Crippen LogP contribution in [0.4, 0.5) is 0 Å². The van der Waals surface area contributed by atoms with Crippen LogP contribution in [0.5, 0.6) is 0 Å². The summed E-state index contributed by atoms with van der Waals surface area (Å²) in [5, 5.41) is 3.82. The molecule has 5 heteroatoms. The molecule has 4 nitrogen and oxygen atoms in total. The van der Waals surface area contributed by atoms with Gasteiger partial charge in [-0.3, -0.25) is 0 Å². The van der Waals surface area contributed by atoms with Gasteiger partial charge in [-0.2, -0.15) is 0 Å². The van der Waals surface area contributed by atoms with E-state index < -0.39 is 5.97 Å². The number of quaternary nitrogens is 1. The Labute approximate surface area is 151 Å². The second-order valence-electron chi connectivity index (χ2n) is 5.91. The highest BCUT2D eigenvalue weighted by Gasteiger charge is 2.23. The lowest BCUT2D eigenvalue weighted by molar-refractivity contribution is -0.707. The van der Waals surface area contributed by atoms with Gasteiger partial charge in [0.2, 0.25) is 5.76 Å². The highest BCUT2D eigenvalue weighted by molar-refractivity contribution is 6.30. The van der Waals surface area contributed by atoms with Crippen LogP contribution in [0.25, 0.3) is 11.0 Å². The Balaban J connectivity index is 1.87. The zero-order valence-corrected chi connectivity index (χ0v) is 15.0. The Morgan fingerprint density at radius 2 is 2.04 bits per heavy atom. The van der Waals surface area contributed by atoms with Crippen LogP contribution in [0.2, 0.25) is 5.02 Å². The molecule has 0 spiro atoms. The van der Waals surface area contributed by atoms with E-state index in [1.54, 1.807) is 6.92 Å². The van der Waals surface area contributed by atoms with Crippen LogP contribution in [0.3, 0.4) is 0 Å². The molecular formula is C20H21ClNO3+. The van der Waals surface area contributed by atoms with Crippen LogP contribution < -0.4 is 5.32 Å². The van der Waals surface area contributed by atoms with Crippen molar-refractivity contribution in [1.29, 1.82) is 0 Å². The van der Waals surface area contributed by atoms with Crippen LogP contribution in [-0.4, -0.2) is 12.6 Å². The van der Waals surface area contributed by atoms with Gasteiger partial charge in [0.1, 0.15) is 18.2 Å². The van der Waals surface area contributed by atoms with E-state index in [0.29, 0.717) is 18.7 Å². The molecule has 1 aromatic heterocycles. The number of ether oxygens (including phenoxy) is 1. The first kappa shape index (κ1) is 17.5. The SMILES string of the molecule is CCOC(=O)c1oc2ccccc2c1C[NH2+][C@H](C)c1cccc(Cl)c1. The summed E-state index contributed by atoms with van der Waals surface area (Å²) in [6.45, 7) is 4.82. The fourth-order valence-corrected chi connectivity index (χ4v) is 3.08. The first-order valence-electron chi connectivity index (χ1n) is 8.36. The average Bonchev–Trinajstić information content (AvgIpc) is 2.98. The van der Waals surface area contributed by atoms with Crippen LogP contribution in [-0.2, 0) is 11.3 Å². The van der Waals surface area contributed by atoms with Gasteiger partial charge in [-0.1, -0.05) is 41.9 Å². The fraction of sp³-hybridized carbons (Fsp3) is 0.250. The van der Waals surface area contributed by atoms with Crippen LogP contribution in [0, 0.1) is 0 Å². The van der Waals surface area contributed by atoms with Crippen molar-refractivity contribution in [2.24, 2.45) is 0 Å². The van der Waals surface area contributed by atoms with Gasteiger partial charge in [0.15, 0.2) is 0 Å². The van der Waals surface area contributed by atoms with Crippen molar-refractivity contribution in [3.8, 4) is 0 Å². The number of para-hydroxylation sites is 1. The number of fused-ring (bicyclic) bond motifs is 1. The molecule has 0 aliphatic heterocycles. The fourth-order valence-electron chi connectivity index (χ4n) is 2.88. The summed E-state index contributed by atoms with van der Waals surface area (Å²) in [6.07, 6.45) is 0. The molecular weight excluding hydrogens is 338 g/mol. The minimum atomic E-state index is -0.419. The van der Waals surface area contributed by atoms with E-state index in [0.717, 1.165) is 21.5 Å². The Morgan fingerprint density at radius 1 is 1.24 bits per heavy atom. The molecule has 1 atom stereocenters. The summed E-state index contributed by atoms with van der Waals surface area (Å²) in [7, 11) is 0. The third kappa shape index (κ3) is 3.86. The Bertz CT molecular complexity index is 888. The van der Waals surface area contributed by atoms with Crippen molar-refractivity contribution >= 4 is 28.5 Å². The van der Waals surface area contributed by atoms with E-state index in [4.69, 9.17) is 20.8 Å². The molecule has 0 fully saturated rings. The summed E-state index contributed by atoms with van der Waals surface area (Å²) in [5.74, 6) is -0.130. The Kier molecular flexibility index (Phi) is 5.41. The van der Waals surface area contributed by atoms with E-state index in [-0.39, 0.29) is 11.8 Å². The second-order valence-corrected chi connectivity index (χ2v) is 6.35. The van der Waals surface area contributed by atoms with Crippen molar-refractivity contribution in [3.63, 3.8) is 0 Å². The van der Waals surface area contributed by atoms with Gasteiger partial charge in [0.05, 0.1) is 12.2 Å². The highest BCUT2D eigenvalue weighted by atomic mass is 35.5. The normalized spacial score (nSPS) is 12.3. The van der Waals surface area contributed by atoms with Gasteiger partial charge in [-0.15, -0.1) is 0 Å². The van der Waals surface area contributed by atoms with Crippen molar-refractivity contribution in [3.05, 3.63) is 70.4 Å². The first-order valence-corrected chi connectivity index (χ1v) is 8.74. The molecule has 2 N–H and O–H groups in total. The lowest BCUT2D eigenvalue weighted by Gasteiger charge is -2.11. The minimum absolute atomic E-state index is 0.197. The number of hydrogen-bond donors (Lipinski definition) is 1. The van der Waals surface area contributed by atoms with Crippen LogP contribution in [0.1, 0.15) is 41.6 Å². The number of esters is 1. The number of carbonyl (C=O) groups is 1. The minimum Gasteiger partial charge on any atom is -0.460 e. The van der Waals surface area contributed by atoms with Gasteiger partial charge in [-0.05, 0) is 32.0 Å². The molecule has 0 radical (unpaired) electrons. The molecule has 0 amide bonds. The van der Waals surface area contributed by atoms with Crippen LogP contribution >= 0.6 is 11.6 Å². The monoisotopic (exact) mass is 358 g/mol. The van der Waals surface area contributed by atoms with Crippen LogP contribution in [0.15, 0.2) is 52.9 Å². The summed E-state index contributed by atoms with van der Waals surface area (Å²) >= 11 is 6.08. The molecule has 0 unspecified atom stereocenters. The van der Waals surface area contributed by atoms with Crippen molar-refractivity contribution in [1.82, 2.24) is 0 Å². The largest absolute Gasteiger partial charge is 0.460 e. The second kappa shape index (κ2) is 7.72. The van der Waals surface area contributed by atoms with E-state index in [9.17, 15) is 4.79 Å². The number of halogens is 1. The lowest BCUT2D eigenvalue weighted by Crippen LogP contribution is -2.83. The molecule has 1 heterocycles. The van der Waals surface area contributed by atoms with E-state index in [2.05, 4.69) is 12.2 Å². The Morgan fingerprint density at radius 3 is 2.80 bits per heavy atom. The molecule has 3 rings (SSSR count). The van der Waals surface area contributed by atoms with E-state index >= 15 is 0 Å². The molecule has 2 aromatic carbocycles. The quantitative estimate of drug-likeness (QED) is 0.675. The average molecular weight is 359 g/mol. The first-order chi connectivity index (χ1) is 12.1. The number of nitrogens with two attached hydrogens (primary N) is 1. The standard InChI is InChI=1S/C20H20ClNO3/c1-3-24-20(23)19-17(16-9-4-5-10-18(16)25-19)12-22-13(2)14-7-6-8-15(21)11-14/h4-11,13,22H,3,12H2,1-2H3/p+1/t13-/m1/s1. The number of hydrogen-bond acceptors (Lipinski definition) is 3. The number of rotatable bonds is 6. The molecule has 0 bridgehead atoms. The van der Waals surface area contributed by atoms with E-state index in [1.807, 2.05) is 48.5 Å². The summed E-state index contributed by atoms with van der Waals surface area (Å²) in [4.78, 5) is 12.2. The predicted octanol–water partition coefficient (Wildman–Crippen LogP) is 4.09. The smallest absolute Gasteiger partial charge is 0.374 e. The van der Waals surface area contributed by atoms with Crippen molar-refractivity contribution in [2.45, 2.75) is 26.4 Å². The van der Waals surface area contributed by atoms with E-state index in [1.165, 1.54) is 0 Å². The molecule has 0 aliphatic rings. The maximum absolute atomic E-state index is 12.2. The lowest BCUT2D eigenvalue weighted by atomic mass is 10.1. The third-order valence-electron chi connectivity index (χ3n) is 4.21. The predicted molar refractivity (Wildman–Crippen MR) is 97.7 cm³/mol. The Hall–Kier alpha value is -2.30. The maximum atomic E-state index is 12.2. The van der Waals surface area contributed by atoms with Gasteiger partial charge >= 0.3 is 5.97 Å². The van der Waals surface area contributed by atoms with Crippen molar-refractivity contribution < 1.29 is 19.3 Å².